The van der Waals surface area contributed by atoms with E-state index < -0.39 is 5.97 Å². The molecule has 0 aromatic heterocycles. The summed E-state index contributed by atoms with van der Waals surface area (Å²) in [6, 6.07) is 1.14. The van der Waals surface area contributed by atoms with Crippen molar-refractivity contribution in [2.24, 2.45) is 5.92 Å². The first-order valence-corrected chi connectivity index (χ1v) is 8.35. The molecule has 5 heteroatoms. The van der Waals surface area contributed by atoms with Crippen LogP contribution in [0.5, 0.6) is 0 Å². The van der Waals surface area contributed by atoms with Crippen LogP contribution in [-0.4, -0.2) is 71.8 Å². The van der Waals surface area contributed by atoms with Gasteiger partial charge in [0.2, 0.25) is 0 Å². The smallest absolute Gasteiger partial charge is 0.310 e. The minimum Gasteiger partial charge on any atom is -0.481 e. The lowest BCUT2D eigenvalue weighted by Crippen LogP contribution is -2.49. The predicted molar refractivity (Wildman–Crippen MR) is 82.5 cm³/mol. The summed E-state index contributed by atoms with van der Waals surface area (Å²) in [5.74, 6) is -1.08. The number of carboxylic acid groups (broad SMARTS) is 1. The quantitative estimate of drug-likeness (QED) is 0.837. The van der Waals surface area contributed by atoms with Crippen LogP contribution in [0.3, 0.4) is 0 Å². The van der Waals surface area contributed by atoms with Crippen molar-refractivity contribution in [1.29, 1.82) is 0 Å². The van der Waals surface area contributed by atoms with Crippen molar-refractivity contribution >= 4 is 5.97 Å². The molecule has 3 atom stereocenters. The molecule has 0 radical (unpaired) electrons. The molecule has 2 heterocycles. The van der Waals surface area contributed by atoms with Crippen molar-refractivity contribution in [3.05, 3.63) is 0 Å². The summed E-state index contributed by atoms with van der Waals surface area (Å²) in [6.45, 7) is 10.8. The van der Waals surface area contributed by atoms with E-state index in [4.69, 9.17) is 4.74 Å². The largest absolute Gasteiger partial charge is 0.481 e. The Morgan fingerprint density at radius 3 is 2.71 bits per heavy atom. The highest BCUT2D eigenvalue weighted by atomic mass is 16.5. The Balaban J connectivity index is 2.02. The molecular formula is C16H30N2O3. The van der Waals surface area contributed by atoms with E-state index in [-0.39, 0.29) is 12.0 Å². The summed E-state index contributed by atoms with van der Waals surface area (Å²) >= 11 is 0. The average molecular weight is 298 g/mol. The maximum absolute atomic E-state index is 11.4. The number of hydrogen-bond donors (Lipinski definition) is 1. The number of carboxylic acids is 1. The monoisotopic (exact) mass is 298 g/mol. The zero-order valence-electron chi connectivity index (χ0n) is 13.6. The second kappa shape index (κ2) is 7.56. The molecule has 2 saturated heterocycles. The second-order valence-corrected chi connectivity index (χ2v) is 6.59. The number of nitrogens with zero attached hydrogens (tertiary/aromatic N) is 2. The van der Waals surface area contributed by atoms with Crippen molar-refractivity contribution in [3.63, 3.8) is 0 Å². The summed E-state index contributed by atoms with van der Waals surface area (Å²) in [5, 5.41) is 9.38. The van der Waals surface area contributed by atoms with Crippen LogP contribution >= 0.6 is 0 Å². The minimum atomic E-state index is -0.714. The first-order valence-electron chi connectivity index (χ1n) is 8.35. The first-order chi connectivity index (χ1) is 10.0. The molecule has 122 valence electrons. The van der Waals surface area contributed by atoms with Gasteiger partial charge in [-0.25, -0.2) is 0 Å². The molecule has 0 bridgehead atoms. The molecule has 2 aliphatic rings. The fourth-order valence-electron chi connectivity index (χ4n) is 3.82. The van der Waals surface area contributed by atoms with Gasteiger partial charge in [-0.05, 0) is 52.7 Å². The lowest BCUT2D eigenvalue weighted by Gasteiger charge is -2.36. The number of hydrogen-bond acceptors (Lipinski definition) is 4. The van der Waals surface area contributed by atoms with E-state index in [2.05, 4.69) is 30.6 Å². The van der Waals surface area contributed by atoms with Crippen LogP contribution in [0.15, 0.2) is 0 Å². The van der Waals surface area contributed by atoms with Crippen LogP contribution in [0.2, 0.25) is 0 Å². The van der Waals surface area contributed by atoms with Gasteiger partial charge in [-0.1, -0.05) is 6.92 Å². The van der Waals surface area contributed by atoms with Crippen LogP contribution in [0.25, 0.3) is 0 Å². The van der Waals surface area contributed by atoms with Gasteiger partial charge in [0.05, 0.1) is 19.1 Å². The lowest BCUT2D eigenvalue weighted by molar-refractivity contribution is -0.143. The summed E-state index contributed by atoms with van der Waals surface area (Å²) < 4.78 is 5.46. The number of likely N-dealkylation sites (tertiary alicyclic amines) is 1. The molecule has 0 saturated carbocycles. The van der Waals surface area contributed by atoms with Crippen molar-refractivity contribution in [2.75, 3.05) is 32.8 Å². The molecule has 2 rings (SSSR count). The molecule has 3 unspecified atom stereocenters. The third kappa shape index (κ3) is 3.96. The van der Waals surface area contributed by atoms with E-state index in [0.717, 1.165) is 26.1 Å². The Morgan fingerprint density at radius 2 is 2.10 bits per heavy atom. The van der Waals surface area contributed by atoms with E-state index in [9.17, 15) is 9.90 Å². The fraction of sp³-hybridized carbons (Fsp3) is 0.938. The van der Waals surface area contributed by atoms with Crippen LogP contribution in [-0.2, 0) is 9.53 Å². The van der Waals surface area contributed by atoms with Gasteiger partial charge in [0, 0.05) is 18.1 Å². The van der Waals surface area contributed by atoms with Crippen molar-refractivity contribution < 1.29 is 14.6 Å². The molecular weight excluding hydrogens is 268 g/mol. The Bertz CT molecular complexity index is 348. The zero-order valence-corrected chi connectivity index (χ0v) is 13.6. The van der Waals surface area contributed by atoms with E-state index >= 15 is 0 Å². The fourth-order valence-corrected chi connectivity index (χ4v) is 3.82. The number of ether oxygens (including phenoxy) is 1. The Kier molecular flexibility index (Phi) is 6.02. The normalized spacial score (nSPS) is 31.8. The molecule has 0 aromatic carbocycles. The molecule has 2 fully saturated rings. The molecule has 1 N–H and O–H groups in total. The Labute approximate surface area is 128 Å². The van der Waals surface area contributed by atoms with E-state index in [1.54, 1.807) is 0 Å². The summed E-state index contributed by atoms with van der Waals surface area (Å²) in [7, 11) is 0. The van der Waals surface area contributed by atoms with Crippen molar-refractivity contribution in [3.8, 4) is 0 Å². The van der Waals surface area contributed by atoms with Crippen LogP contribution < -0.4 is 0 Å². The van der Waals surface area contributed by atoms with Gasteiger partial charge >= 0.3 is 5.97 Å². The highest BCUT2D eigenvalue weighted by molar-refractivity contribution is 5.71. The minimum absolute atomic E-state index is 0.0445. The second-order valence-electron chi connectivity index (χ2n) is 6.59. The maximum atomic E-state index is 11.4. The molecule has 0 amide bonds. The van der Waals surface area contributed by atoms with Gasteiger partial charge in [0.15, 0.2) is 0 Å². The van der Waals surface area contributed by atoms with Crippen molar-refractivity contribution in [2.45, 2.75) is 58.2 Å². The number of likely N-dealkylation sites (N-methyl/N-ethyl adjacent to an activating group) is 1. The highest BCUT2D eigenvalue weighted by Crippen LogP contribution is 2.26. The van der Waals surface area contributed by atoms with Crippen LogP contribution in [0.4, 0.5) is 0 Å². The lowest BCUT2D eigenvalue weighted by atomic mass is 9.98. The van der Waals surface area contributed by atoms with E-state index in [1.807, 2.05) is 0 Å². The van der Waals surface area contributed by atoms with E-state index in [1.165, 1.54) is 12.8 Å². The average Bonchev–Trinajstić information content (AvgIpc) is 2.78. The zero-order chi connectivity index (χ0) is 15.4. The van der Waals surface area contributed by atoms with Gasteiger partial charge in [0.1, 0.15) is 0 Å². The number of aliphatic carboxylic acids is 1. The topological polar surface area (TPSA) is 53.0 Å². The van der Waals surface area contributed by atoms with Gasteiger partial charge in [0.25, 0.3) is 0 Å². The SMILES string of the molecule is CCN(C1CCCN(C(C)C)CC1)C1COCC1C(=O)O. The molecule has 21 heavy (non-hydrogen) atoms. The molecule has 2 aliphatic heterocycles. The highest BCUT2D eigenvalue weighted by Gasteiger charge is 2.40. The Morgan fingerprint density at radius 1 is 1.33 bits per heavy atom. The van der Waals surface area contributed by atoms with Gasteiger partial charge in [-0.3, -0.25) is 9.69 Å². The standard InChI is InChI=1S/C16H30N2O3/c1-4-18(15-11-21-10-14(15)16(19)20)13-6-5-8-17(9-7-13)12(2)3/h12-15H,4-11H2,1-3H3,(H,19,20). The van der Waals surface area contributed by atoms with Gasteiger partial charge in [-0.2, -0.15) is 0 Å². The summed E-state index contributed by atoms with van der Waals surface area (Å²) in [5.41, 5.74) is 0. The summed E-state index contributed by atoms with van der Waals surface area (Å²) in [4.78, 5) is 16.3. The van der Waals surface area contributed by atoms with Gasteiger partial charge < -0.3 is 14.7 Å². The molecule has 5 nitrogen and oxygen atoms in total. The third-order valence-corrected chi connectivity index (χ3v) is 5.09. The summed E-state index contributed by atoms with van der Waals surface area (Å²) in [6.07, 6.45) is 3.50. The molecule has 0 aromatic rings. The van der Waals surface area contributed by atoms with Crippen LogP contribution in [0, 0.1) is 5.92 Å². The van der Waals surface area contributed by atoms with E-state index in [0.29, 0.717) is 25.3 Å². The molecule has 0 aliphatic carbocycles. The van der Waals surface area contributed by atoms with Crippen LogP contribution in [0.1, 0.15) is 40.0 Å². The first kappa shape index (κ1) is 16.7. The predicted octanol–water partition coefficient (Wildman–Crippen LogP) is 1.67. The molecule has 0 spiro atoms. The number of carbonyl (C=O) groups is 1. The maximum Gasteiger partial charge on any atom is 0.310 e. The van der Waals surface area contributed by atoms with Gasteiger partial charge in [-0.15, -0.1) is 0 Å². The Hall–Kier alpha value is -0.650. The third-order valence-electron chi connectivity index (χ3n) is 5.09. The number of rotatable bonds is 5. The van der Waals surface area contributed by atoms with Crippen molar-refractivity contribution in [1.82, 2.24) is 9.80 Å².